The summed E-state index contributed by atoms with van der Waals surface area (Å²) in [6, 6.07) is 6.34. The third-order valence-corrected chi connectivity index (χ3v) is 4.85. The molecule has 0 aromatic heterocycles. The quantitative estimate of drug-likeness (QED) is 0.850. The largest absolute Gasteiger partial charge is 0.508 e. The highest BCUT2D eigenvalue weighted by atomic mass is 79.9. The van der Waals surface area contributed by atoms with Gasteiger partial charge in [0, 0.05) is 48.3 Å². The van der Waals surface area contributed by atoms with Gasteiger partial charge in [-0.1, -0.05) is 22.9 Å². The molecule has 1 fully saturated rings. The summed E-state index contributed by atoms with van der Waals surface area (Å²) in [4.78, 5) is 4.80. The van der Waals surface area contributed by atoms with Crippen molar-refractivity contribution < 1.29 is 5.11 Å². The van der Waals surface area contributed by atoms with Crippen LogP contribution in [0.3, 0.4) is 0 Å². The van der Waals surface area contributed by atoms with Gasteiger partial charge < -0.3 is 15.3 Å². The molecule has 5 heteroatoms. The molecule has 1 aromatic carbocycles. The molecule has 0 spiro atoms. The van der Waals surface area contributed by atoms with Crippen LogP contribution in [0.1, 0.15) is 24.9 Å². The first-order chi connectivity index (χ1) is 10.0. The van der Waals surface area contributed by atoms with Crippen LogP contribution in [-0.2, 0) is 0 Å². The van der Waals surface area contributed by atoms with E-state index in [9.17, 15) is 5.11 Å². The molecule has 0 radical (unpaired) electrons. The number of phenols is 1. The van der Waals surface area contributed by atoms with E-state index in [2.05, 4.69) is 52.1 Å². The molecule has 118 valence electrons. The number of piperazine rings is 1. The molecule has 1 heterocycles. The average molecular weight is 356 g/mol. The van der Waals surface area contributed by atoms with Crippen molar-refractivity contribution in [3.8, 4) is 5.75 Å². The minimum absolute atomic E-state index is 0.183. The summed E-state index contributed by atoms with van der Waals surface area (Å²) in [5.41, 5.74) is 0.971. The average Bonchev–Trinajstić information content (AvgIpc) is 2.46. The van der Waals surface area contributed by atoms with Crippen molar-refractivity contribution in [2.75, 3.05) is 40.3 Å². The second-order valence-corrected chi connectivity index (χ2v) is 6.88. The van der Waals surface area contributed by atoms with Crippen LogP contribution in [0.15, 0.2) is 22.7 Å². The summed E-state index contributed by atoms with van der Waals surface area (Å²) in [7, 11) is 4.37. The molecule has 2 rings (SSSR count). The van der Waals surface area contributed by atoms with E-state index in [-0.39, 0.29) is 6.04 Å². The highest BCUT2D eigenvalue weighted by molar-refractivity contribution is 9.10. The van der Waals surface area contributed by atoms with Crippen LogP contribution >= 0.6 is 15.9 Å². The van der Waals surface area contributed by atoms with E-state index in [1.54, 1.807) is 6.07 Å². The Morgan fingerprint density at radius 3 is 2.86 bits per heavy atom. The number of hydrogen-bond acceptors (Lipinski definition) is 4. The highest BCUT2D eigenvalue weighted by Gasteiger charge is 2.23. The Balaban J connectivity index is 2.00. The first-order valence-electron chi connectivity index (χ1n) is 7.61. The fourth-order valence-electron chi connectivity index (χ4n) is 2.88. The summed E-state index contributed by atoms with van der Waals surface area (Å²) in [6.07, 6.45) is 0.955. The number of nitrogens with one attached hydrogen (secondary N) is 1. The molecule has 0 aliphatic carbocycles. The Hall–Kier alpha value is -0.620. The van der Waals surface area contributed by atoms with Crippen LogP contribution in [0, 0.1) is 0 Å². The second kappa shape index (κ2) is 7.58. The van der Waals surface area contributed by atoms with Gasteiger partial charge in [-0.15, -0.1) is 0 Å². The van der Waals surface area contributed by atoms with Gasteiger partial charge in [-0.2, -0.15) is 0 Å². The maximum atomic E-state index is 10.1. The molecule has 1 aliphatic heterocycles. The molecular formula is C16H26BrN3O. The zero-order chi connectivity index (χ0) is 15.4. The Bertz CT molecular complexity index is 469. The summed E-state index contributed by atoms with van der Waals surface area (Å²) >= 11 is 3.49. The van der Waals surface area contributed by atoms with Crippen molar-refractivity contribution in [2.24, 2.45) is 0 Å². The van der Waals surface area contributed by atoms with Gasteiger partial charge in [0.2, 0.25) is 0 Å². The molecule has 0 saturated carbocycles. The second-order valence-electron chi connectivity index (χ2n) is 5.97. The number of halogens is 1. The predicted octanol–water partition coefficient (Wildman–Crippen LogP) is 2.44. The van der Waals surface area contributed by atoms with Crippen LogP contribution in [0.5, 0.6) is 5.75 Å². The van der Waals surface area contributed by atoms with Crippen LogP contribution in [0.2, 0.25) is 0 Å². The molecule has 2 N–H and O–H groups in total. The van der Waals surface area contributed by atoms with Gasteiger partial charge >= 0.3 is 0 Å². The van der Waals surface area contributed by atoms with Crippen molar-refractivity contribution >= 4 is 15.9 Å². The van der Waals surface area contributed by atoms with E-state index >= 15 is 0 Å². The van der Waals surface area contributed by atoms with Crippen LogP contribution in [0.4, 0.5) is 0 Å². The zero-order valence-corrected chi connectivity index (χ0v) is 14.7. The fourth-order valence-corrected chi connectivity index (χ4v) is 3.26. The van der Waals surface area contributed by atoms with E-state index in [1.807, 2.05) is 12.1 Å². The van der Waals surface area contributed by atoms with Crippen molar-refractivity contribution in [2.45, 2.75) is 25.4 Å². The normalized spacial score (nSPS) is 22.4. The smallest absolute Gasteiger partial charge is 0.120 e. The Labute approximate surface area is 136 Å². The molecule has 21 heavy (non-hydrogen) atoms. The maximum absolute atomic E-state index is 10.1. The van der Waals surface area contributed by atoms with Gasteiger partial charge in [0.25, 0.3) is 0 Å². The molecule has 2 atom stereocenters. The van der Waals surface area contributed by atoms with Gasteiger partial charge in [0.15, 0.2) is 0 Å². The minimum Gasteiger partial charge on any atom is -0.508 e. The van der Waals surface area contributed by atoms with Gasteiger partial charge in [-0.3, -0.25) is 4.90 Å². The van der Waals surface area contributed by atoms with E-state index < -0.39 is 0 Å². The Kier molecular flexibility index (Phi) is 6.05. The predicted molar refractivity (Wildman–Crippen MR) is 90.8 cm³/mol. The lowest BCUT2D eigenvalue weighted by atomic mass is 10.0. The number of rotatable bonds is 5. The zero-order valence-electron chi connectivity index (χ0n) is 13.1. The molecule has 0 amide bonds. The van der Waals surface area contributed by atoms with Crippen LogP contribution < -0.4 is 5.32 Å². The Morgan fingerprint density at radius 1 is 1.38 bits per heavy atom. The number of nitrogens with zero attached hydrogens (tertiary/aromatic N) is 2. The Morgan fingerprint density at radius 2 is 2.14 bits per heavy atom. The van der Waals surface area contributed by atoms with Gasteiger partial charge in [0.05, 0.1) is 0 Å². The molecule has 1 aliphatic rings. The molecule has 1 saturated heterocycles. The van der Waals surface area contributed by atoms with Crippen molar-refractivity contribution in [1.82, 2.24) is 15.1 Å². The van der Waals surface area contributed by atoms with E-state index in [1.165, 1.54) is 0 Å². The summed E-state index contributed by atoms with van der Waals surface area (Å²) in [6.45, 7) is 6.42. The number of aromatic hydroxyl groups is 1. The minimum atomic E-state index is 0.183. The van der Waals surface area contributed by atoms with Gasteiger partial charge in [-0.25, -0.2) is 0 Å². The first kappa shape index (κ1) is 16.7. The van der Waals surface area contributed by atoms with Crippen LogP contribution in [-0.4, -0.2) is 61.2 Å². The topological polar surface area (TPSA) is 38.7 Å². The fraction of sp³-hybridized carbons (Fsp3) is 0.625. The lowest BCUT2D eigenvalue weighted by Crippen LogP contribution is -2.54. The first-order valence-corrected chi connectivity index (χ1v) is 8.41. The number of benzene rings is 1. The van der Waals surface area contributed by atoms with Crippen molar-refractivity contribution in [1.29, 1.82) is 0 Å². The van der Waals surface area contributed by atoms with E-state index in [4.69, 9.17) is 0 Å². The number of phenolic OH excluding ortho intramolecular Hbond substituents is 1. The SMILES string of the molecule is CCC(NCC1CN(C)CCN1C)c1cc(Br)ccc1O. The van der Waals surface area contributed by atoms with E-state index in [0.29, 0.717) is 11.8 Å². The molecule has 2 unspecified atom stereocenters. The molecule has 1 aromatic rings. The molecule has 4 nitrogen and oxygen atoms in total. The summed E-state index contributed by atoms with van der Waals surface area (Å²) in [5.74, 6) is 0.367. The van der Waals surface area contributed by atoms with Crippen LogP contribution in [0.25, 0.3) is 0 Å². The van der Waals surface area contributed by atoms with Crippen molar-refractivity contribution in [3.63, 3.8) is 0 Å². The maximum Gasteiger partial charge on any atom is 0.120 e. The lowest BCUT2D eigenvalue weighted by Gasteiger charge is -2.38. The monoisotopic (exact) mass is 355 g/mol. The lowest BCUT2D eigenvalue weighted by molar-refractivity contribution is 0.111. The summed E-state index contributed by atoms with van der Waals surface area (Å²) < 4.78 is 1.00. The van der Waals surface area contributed by atoms with Gasteiger partial charge in [0.1, 0.15) is 5.75 Å². The third-order valence-electron chi connectivity index (χ3n) is 4.35. The number of likely N-dealkylation sites (N-methyl/N-ethyl adjacent to an activating group) is 2. The van der Waals surface area contributed by atoms with Crippen molar-refractivity contribution in [3.05, 3.63) is 28.2 Å². The summed E-state index contributed by atoms with van der Waals surface area (Å²) in [5, 5.41) is 13.7. The standard InChI is InChI=1S/C16H26BrN3O/c1-4-15(14-9-12(17)5-6-16(14)21)18-10-13-11-19(2)7-8-20(13)3/h5-6,9,13,15,18,21H,4,7-8,10-11H2,1-3H3. The molecule has 0 bridgehead atoms. The highest BCUT2D eigenvalue weighted by Crippen LogP contribution is 2.29. The third kappa shape index (κ3) is 4.42. The van der Waals surface area contributed by atoms with E-state index in [0.717, 1.165) is 42.6 Å². The molecular weight excluding hydrogens is 330 g/mol. The number of hydrogen-bond donors (Lipinski definition) is 2. The van der Waals surface area contributed by atoms with Gasteiger partial charge in [-0.05, 0) is 38.7 Å².